The molecule has 4 rings (SSSR count). The highest BCUT2D eigenvalue weighted by Crippen LogP contribution is 2.30. The van der Waals surface area contributed by atoms with Crippen molar-refractivity contribution in [2.24, 2.45) is 5.92 Å². The van der Waals surface area contributed by atoms with E-state index in [0.717, 1.165) is 44.2 Å². The number of likely N-dealkylation sites (tertiary alicyclic amines) is 2. The van der Waals surface area contributed by atoms with Crippen LogP contribution in [-0.2, 0) is 14.3 Å². The van der Waals surface area contributed by atoms with Gasteiger partial charge in [-0.3, -0.25) is 9.69 Å². The maximum absolute atomic E-state index is 13.2. The van der Waals surface area contributed by atoms with E-state index in [9.17, 15) is 9.59 Å². The van der Waals surface area contributed by atoms with Crippen molar-refractivity contribution < 1.29 is 19.1 Å². The monoisotopic (exact) mass is 539 g/mol. The Kier molecular flexibility index (Phi) is 9.08. The van der Waals surface area contributed by atoms with Gasteiger partial charge in [0, 0.05) is 39.4 Å². The number of anilines is 1. The van der Waals surface area contributed by atoms with E-state index in [1.54, 1.807) is 11.1 Å². The van der Waals surface area contributed by atoms with E-state index in [1.807, 2.05) is 40.0 Å². The number of hydrogen-bond donors (Lipinski definition) is 0. The zero-order chi connectivity index (χ0) is 28.2. The normalized spacial score (nSPS) is 22.8. The summed E-state index contributed by atoms with van der Waals surface area (Å²) in [5.41, 5.74) is 0.303. The maximum atomic E-state index is 13.2. The highest BCUT2D eigenvalue weighted by Gasteiger charge is 2.33. The predicted octanol–water partition coefficient (Wildman–Crippen LogP) is 3.63. The fourth-order valence-electron chi connectivity index (χ4n) is 5.34. The van der Waals surface area contributed by atoms with E-state index < -0.39 is 6.09 Å². The second-order valence-electron chi connectivity index (χ2n) is 11.7. The van der Waals surface area contributed by atoms with Crippen LogP contribution >= 0.6 is 0 Å². The minimum Gasteiger partial charge on any atom is -0.446 e. The molecule has 11 heteroatoms. The summed E-state index contributed by atoms with van der Waals surface area (Å²) in [6, 6.07) is 3.81. The standard InChI is InChI=1S/C28H41N7O4/c1-20-9-15-34(24(36)8-12-29)17-23(20)32(5)25-22-11-16-35(26(22)31-18-30-25)27(37)39-21-7-6-13-33(14-10-21)19-38-28(2,3)4/h11,16,18,20-21,23H,6-10,13-15,17,19H2,1-5H3/t20-,21?,23+/m1/s1. The molecule has 39 heavy (non-hydrogen) atoms. The Labute approximate surface area is 230 Å². The van der Waals surface area contributed by atoms with Gasteiger partial charge in [-0.25, -0.2) is 19.3 Å². The van der Waals surface area contributed by atoms with Gasteiger partial charge in [-0.15, -0.1) is 0 Å². The molecule has 2 aromatic heterocycles. The highest BCUT2D eigenvalue weighted by atomic mass is 16.6. The number of likely N-dealkylation sites (N-methyl/N-ethyl adjacent to an activating group) is 1. The molecule has 0 N–H and O–H groups in total. The van der Waals surface area contributed by atoms with Gasteiger partial charge in [-0.1, -0.05) is 6.92 Å². The van der Waals surface area contributed by atoms with E-state index in [2.05, 4.69) is 26.7 Å². The van der Waals surface area contributed by atoms with Gasteiger partial charge in [0.25, 0.3) is 0 Å². The Balaban J connectivity index is 1.44. The van der Waals surface area contributed by atoms with Crippen molar-refractivity contribution in [3.8, 4) is 6.07 Å². The molecular formula is C28H41N7O4. The number of rotatable bonds is 6. The average molecular weight is 540 g/mol. The Morgan fingerprint density at radius 1 is 1.18 bits per heavy atom. The molecule has 0 aromatic carbocycles. The Morgan fingerprint density at radius 3 is 2.72 bits per heavy atom. The molecule has 2 saturated heterocycles. The number of piperidine rings is 1. The molecule has 1 amide bonds. The van der Waals surface area contributed by atoms with Crippen molar-refractivity contribution in [3.05, 3.63) is 18.6 Å². The fraction of sp³-hybridized carbons (Fsp3) is 0.679. The summed E-state index contributed by atoms with van der Waals surface area (Å²) in [4.78, 5) is 40.6. The molecule has 0 spiro atoms. The first kappa shape index (κ1) is 28.8. The summed E-state index contributed by atoms with van der Waals surface area (Å²) in [5.74, 6) is 0.872. The van der Waals surface area contributed by atoms with Gasteiger partial charge in [0.05, 0.1) is 29.8 Å². The first-order valence-corrected chi connectivity index (χ1v) is 13.8. The van der Waals surface area contributed by atoms with E-state index in [-0.39, 0.29) is 30.1 Å². The summed E-state index contributed by atoms with van der Waals surface area (Å²) in [6.07, 6.45) is 5.76. The number of nitrogens with zero attached hydrogens (tertiary/aromatic N) is 7. The van der Waals surface area contributed by atoms with Crippen LogP contribution in [0.1, 0.15) is 59.8 Å². The lowest BCUT2D eigenvalue weighted by Gasteiger charge is -2.42. The molecule has 0 radical (unpaired) electrons. The fourth-order valence-corrected chi connectivity index (χ4v) is 5.34. The number of carbonyl (C=O) groups is 2. The largest absolute Gasteiger partial charge is 0.446 e. The number of fused-ring (bicyclic) bond motifs is 1. The third kappa shape index (κ3) is 7.05. The van der Waals surface area contributed by atoms with Gasteiger partial charge in [0.2, 0.25) is 5.91 Å². The van der Waals surface area contributed by atoms with Gasteiger partial charge >= 0.3 is 6.09 Å². The molecule has 0 saturated carbocycles. The van der Waals surface area contributed by atoms with Crippen molar-refractivity contribution in [2.75, 3.05) is 44.9 Å². The van der Waals surface area contributed by atoms with Gasteiger partial charge in [-0.05, 0) is 58.4 Å². The van der Waals surface area contributed by atoms with E-state index in [0.29, 0.717) is 37.2 Å². The maximum Gasteiger partial charge on any atom is 0.419 e. The van der Waals surface area contributed by atoms with Crippen LogP contribution in [0.3, 0.4) is 0 Å². The van der Waals surface area contributed by atoms with Crippen molar-refractivity contribution in [1.82, 2.24) is 24.3 Å². The minimum absolute atomic E-state index is 0.0194. The van der Waals surface area contributed by atoms with Crippen molar-refractivity contribution in [2.45, 2.75) is 77.5 Å². The quantitative estimate of drug-likeness (QED) is 0.542. The third-order valence-corrected chi connectivity index (χ3v) is 7.71. The van der Waals surface area contributed by atoms with Crippen molar-refractivity contribution in [1.29, 1.82) is 5.26 Å². The lowest BCUT2D eigenvalue weighted by Crippen LogP contribution is -2.52. The molecule has 2 aliphatic rings. The molecule has 0 bridgehead atoms. The summed E-state index contributed by atoms with van der Waals surface area (Å²) >= 11 is 0. The lowest BCUT2D eigenvalue weighted by atomic mass is 9.92. The average Bonchev–Trinajstić information content (AvgIpc) is 3.21. The van der Waals surface area contributed by atoms with Crippen molar-refractivity contribution in [3.63, 3.8) is 0 Å². The second kappa shape index (κ2) is 12.3. The smallest absolute Gasteiger partial charge is 0.419 e. The zero-order valence-electron chi connectivity index (χ0n) is 23.8. The van der Waals surface area contributed by atoms with Gasteiger partial charge < -0.3 is 19.3 Å². The zero-order valence-corrected chi connectivity index (χ0v) is 23.8. The van der Waals surface area contributed by atoms with Crippen LogP contribution in [0.15, 0.2) is 18.6 Å². The molecule has 2 aromatic rings. The summed E-state index contributed by atoms with van der Waals surface area (Å²) in [6.45, 7) is 11.8. The molecule has 4 heterocycles. The number of aromatic nitrogens is 3. The lowest BCUT2D eigenvalue weighted by molar-refractivity contribution is -0.131. The first-order chi connectivity index (χ1) is 18.6. The molecule has 3 atom stereocenters. The SMILES string of the molecule is C[C@@H]1CCN(C(=O)CC#N)C[C@@H]1N(C)c1ncnc2c1ccn2C(=O)OC1CCCN(COC(C)(C)C)CC1. The molecule has 212 valence electrons. The third-order valence-electron chi connectivity index (χ3n) is 7.71. The topological polar surface area (TPSA) is 117 Å². The number of ether oxygens (including phenoxy) is 2. The van der Waals surface area contributed by atoms with E-state index in [1.165, 1.54) is 10.9 Å². The van der Waals surface area contributed by atoms with Crippen molar-refractivity contribution >= 4 is 28.9 Å². The Morgan fingerprint density at radius 2 is 1.97 bits per heavy atom. The van der Waals surface area contributed by atoms with Gasteiger partial charge in [0.1, 0.15) is 24.7 Å². The van der Waals surface area contributed by atoms with Crippen LogP contribution in [0.2, 0.25) is 0 Å². The van der Waals surface area contributed by atoms with Crippen LogP contribution in [-0.4, -0.2) is 94.0 Å². The second-order valence-corrected chi connectivity index (χ2v) is 11.7. The molecule has 1 unspecified atom stereocenters. The van der Waals surface area contributed by atoms with Crippen LogP contribution in [0.25, 0.3) is 11.0 Å². The van der Waals surface area contributed by atoms with Crippen LogP contribution in [0, 0.1) is 17.2 Å². The summed E-state index contributed by atoms with van der Waals surface area (Å²) < 4.78 is 13.3. The van der Waals surface area contributed by atoms with Crippen LogP contribution in [0.4, 0.5) is 10.6 Å². The minimum atomic E-state index is -0.444. The highest BCUT2D eigenvalue weighted by molar-refractivity contribution is 5.93. The van der Waals surface area contributed by atoms with E-state index in [4.69, 9.17) is 14.7 Å². The molecule has 11 nitrogen and oxygen atoms in total. The molecular weight excluding hydrogens is 498 g/mol. The van der Waals surface area contributed by atoms with E-state index >= 15 is 0 Å². The van der Waals surface area contributed by atoms with Gasteiger partial charge in [-0.2, -0.15) is 5.26 Å². The number of amides is 1. The number of nitriles is 1. The number of carbonyl (C=O) groups excluding carboxylic acids is 2. The van der Waals surface area contributed by atoms with Gasteiger partial charge in [0.15, 0.2) is 5.65 Å². The number of hydrogen-bond acceptors (Lipinski definition) is 9. The summed E-state index contributed by atoms with van der Waals surface area (Å²) in [5, 5.41) is 9.69. The molecule has 2 aliphatic heterocycles. The first-order valence-electron chi connectivity index (χ1n) is 13.8. The van der Waals surface area contributed by atoms with Crippen LogP contribution in [0.5, 0.6) is 0 Å². The Bertz CT molecular complexity index is 1200. The molecule has 0 aliphatic carbocycles. The summed E-state index contributed by atoms with van der Waals surface area (Å²) in [7, 11) is 1.96. The Hall–Kier alpha value is -3.23. The predicted molar refractivity (Wildman–Crippen MR) is 147 cm³/mol. The molecule has 2 fully saturated rings. The van der Waals surface area contributed by atoms with Crippen LogP contribution < -0.4 is 4.90 Å².